The Balaban J connectivity index is 1.66. The minimum absolute atomic E-state index is 0.207. The van der Waals surface area contributed by atoms with Gasteiger partial charge in [0.1, 0.15) is 0 Å². The van der Waals surface area contributed by atoms with Gasteiger partial charge in [0.15, 0.2) is 18.1 Å². The van der Waals surface area contributed by atoms with E-state index in [1.165, 1.54) is 0 Å². The summed E-state index contributed by atoms with van der Waals surface area (Å²) in [6.45, 7) is 8.62. The Kier molecular flexibility index (Phi) is 8.04. The second kappa shape index (κ2) is 11.1. The lowest BCUT2D eigenvalue weighted by atomic mass is 10.2. The summed E-state index contributed by atoms with van der Waals surface area (Å²) in [5, 5.41) is 17.8. The molecule has 2 N–H and O–H groups in total. The number of carbonyl (C=O) groups excluding carboxylic acids is 1. The number of nitrogens with one attached hydrogen (secondary N) is 2. The number of allylic oxidation sites excluding steroid dienone is 1. The number of rotatable bonds is 11. The van der Waals surface area contributed by atoms with Crippen LogP contribution in [0.3, 0.4) is 0 Å². The van der Waals surface area contributed by atoms with Crippen LogP contribution in [0.5, 0.6) is 11.5 Å². The largest absolute Gasteiger partial charge is 0.490 e. The lowest BCUT2D eigenvalue weighted by Gasteiger charge is -2.15. The molecule has 10 heteroatoms. The van der Waals surface area contributed by atoms with Gasteiger partial charge in [-0.05, 0) is 54.1 Å². The highest BCUT2D eigenvalue weighted by Crippen LogP contribution is 2.37. The average molecular weight is 457 g/mol. The first-order valence-electron chi connectivity index (χ1n) is 10.1. The van der Waals surface area contributed by atoms with E-state index in [1.807, 2.05) is 38.1 Å². The van der Waals surface area contributed by atoms with Gasteiger partial charge in [0.2, 0.25) is 5.95 Å². The number of hydrogen-bond donors (Lipinski definition) is 2. The third-order valence-electron chi connectivity index (χ3n) is 4.34. The summed E-state index contributed by atoms with van der Waals surface area (Å²) in [7, 11) is 0. The fraction of sp³-hybridized carbons (Fsp3) is 0.273. The number of hydrogen-bond acceptors (Lipinski definition) is 7. The van der Waals surface area contributed by atoms with E-state index in [2.05, 4.69) is 32.7 Å². The first kappa shape index (κ1) is 23.1. The van der Waals surface area contributed by atoms with Gasteiger partial charge in [-0.25, -0.2) is 4.68 Å². The molecular weight excluding hydrogens is 432 g/mol. The summed E-state index contributed by atoms with van der Waals surface area (Å²) >= 11 is 6.45. The van der Waals surface area contributed by atoms with Gasteiger partial charge in [0.25, 0.3) is 5.91 Å². The Bertz CT molecular complexity index is 1070. The summed E-state index contributed by atoms with van der Waals surface area (Å²) < 4.78 is 13.0. The summed E-state index contributed by atoms with van der Waals surface area (Å²) in [6.07, 6.45) is 1.70. The van der Waals surface area contributed by atoms with Crippen LogP contribution in [0.15, 0.2) is 49.1 Å². The van der Waals surface area contributed by atoms with E-state index in [0.29, 0.717) is 47.9 Å². The molecule has 168 valence electrons. The molecule has 0 saturated heterocycles. The molecule has 0 unspecified atom stereocenters. The van der Waals surface area contributed by atoms with Crippen LogP contribution in [0.1, 0.15) is 18.1 Å². The predicted molar refractivity (Wildman–Crippen MR) is 123 cm³/mol. The lowest BCUT2D eigenvalue weighted by Crippen LogP contribution is -2.20. The van der Waals surface area contributed by atoms with Crippen molar-refractivity contribution >= 4 is 29.1 Å². The number of tetrazole rings is 1. The number of aromatic nitrogens is 4. The first-order chi connectivity index (χ1) is 15.5. The Morgan fingerprint density at radius 2 is 2.03 bits per heavy atom. The van der Waals surface area contributed by atoms with Gasteiger partial charge in [-0.15, -0.1) is 6.58 Å². The van der Waals surface area contributed by atoms with Crippen molar-refractivity contribution in [3.05, 3.63) is 65.2 Å². The monoisotopic (exact) mass is 456 g/mol. The number of amides is 1. The van der Waals surface area contributed by atoms with Crippen LogP contribution < -0.4 is 20.1 Å². The number of anilines is 2. The normalized spacial score (nSPS) is 10.5. The number of benzene rings is 2. The Hall–Kier alpha value is -3.59. The number of nitrogens with zero attached hydrogens (tertiary/aromatic N) is 4. The molecule has 1 aromatic heterocycles. The van der Waals surface area contributed by atoms with E-state index in [-0.39, 0.29) is 12.5 Å². The molecule has 0 bridgehead atoms. The van der Waals surface area contributed by atoms with E-state index in [0.717, 1.165) is 11.1 Å². The van der Waals surface area contributed by atoms with Gasteiger partial charge in [0.05, 0.1) is 18.2 Å². The molecule has 1 heterocycles. The highest BCUT2D eigenvalue weighted by molar-refractivity contribution is 6.32. The zero-order chi connectivity index (χ0) is 22.9. The molecule has 1 amide bonds. The zero-order valence-corrected chi connectivity index (χ0v) is 18.7. The van der Waals surface area contributed by atoms with Gasteiger partial charge in [0, 0.05) is 12.2 Å². The van der Waals surface area contributed by atoms with Crippen LogP contribution in [0, 0.1) is 6.92 Å². The molecule has 0 atom stereocenters. The number of halogens is 1. The van der Waals surface area contributed by atoms with Crippen molar-refractivity contribution in [2.24, 2.45) is 0 Å². The summed E-state index contributed by atoms with van der Waals surface area (Å²) in [6, 6.07) is 11.0. The zero-order valence-electron chi connectivity index (χ0n) is 18.0. The van der Waals surface area contributed by atoms with Crippen LogP contribution in [0.25, 0.3) is 0 Å². The molecule has 3 rings (SSSR count). The van der Waals surface area contributed by atoms with Crippen molar-refractivity contribution in [3.8, 4) is 11.5 Å². The van der Waals surface area contributed by atoms with Crippen LogP contribution in [-0.4, -0.2) is 39.3 Å². The molecule has 0 radical (unpaired) electrons. The van der Waals surface area contributed by atoms with Gasteiger partial charge in [-0.3, -0.25) is 4.79 Å². The maximum Gasteiger partial charge on any atom is 0.262 e. The van der Waals surface area contributed by atoms with Crippen molar-refractivity contribution < 1.29 is 14.3 Å². The minimum Gasteiger partial charge on any atom is -0.490 e. The Morgan fingerprint density at radius 3 is 2.75 bits per heavy atom. The molecule has 0 saturated carbocycles. The SMILES string of the molecule is C=CCn1nnnc1NCc1cc(Cl)c(OCC(=O)Nc2ccc(C)cc2)c(OCC)c1. The van der Waals surface area contributed by atoms with Crippen molar-refractivity contribution in [2.45, 2.75) is 26.9 Å². The molecule has 32 heavy (non-hydrogen) atoms. The molecule has 0 aliphatic rings. The van der Waals surface area contributed by atoms with Gasteiger partial charge < -0.3 is 20.1 Å². The third-order valence-corrected chi connectivity index (χ3v) is 4.62. The van der Waals surface area contributed by atoms with Crippen LogP contribution in [0.2, 0.25) is 5.02 Å². The van der Waals surface area contributed by atoms with Crippen molar-refractivity contribution in [1.29, 1.82) is 0 Å². The maximum absolute atomic E-state index is 12.3. The molecule has 0 fully saturated rings. The Labute approximate surface area is 191 Å². The van der Waals surface area contributed by atoms with Crippen LogP contribution in [-0.2, 0) is 17.9 Å². The highest BCUT2D eigenvalue weighted by atomic mass is 35.5. The number of aryl methyl sites for hydroxylation is 1. The summed E-state index contributed by atoms with van der Waals surface area (Å²) in [5.41, 5.74) is 2.64. The average Bonchev–Trinajstić information content (AvgIpc) is 3.21. The lowest BCUT2D eigenvalue weighted by molar-refractivity contribution is -0.118. The van der Waals surface area contributed by atoms with Crippen LogP contribution in [0.4, 0.5) is 11.6 Å². The number of ether oxygens (including phenoxy) is 2. The van der Waals surface area contributed by atoms with Crippen molar-refractivity contribution in [1.82, 2.24) is 20.2 Å². The van der Waals surface area contributed by atoms with Crippen molar-refractivity contribution in [2.75, 3.05) is 23.8 Å². The minimum atomic E-state index is -0.299. The van der Waals surface area contributed by atoms with E-state index in [1.54, 1.807) is 22.9 Å². The van der Waals surface area contributed by atoms with Gasteiger partial charge in [-0.1, -0.05) is 40.5 Å². The second-order valence-electron chi connectivity index (χ2n) is 6.87. The second-order valence-corrected chi connectivity index (χ2v) is 7.27. The molecule has 9 nitrogen and oxygen atoms in total. The fourth-order valence-corrected chi connectivity index (χ4v) is 3.14. The molecule has 0 spiro atoms. The molecule has 2 aromatic carbocycles. The van der Waals surface area contributed by atoms with E-state index in [9.17, 15) is 4.79 Å². The Morgan fingerprint density at radius 1 is 1.25 bits per heavy atom. The topological polar surface area (TPSA) is 103 Å². The van der Waals surface area contributed by atoms with E-state index >= 15 is 0 Å². The molecule has 0 aliphatic carbocycles. The fourth-order valence-electron chi connectivity index (χ4n) is 2.86. The molecule has 3 aromatic rings. The number of carbonyl (C=O) groups is 1. The quantitative estimate of drug-likeness (QED) is 0.422. The van der Waals surface area contributed by atoms with E-state index < -0.39 is 0 Å². The maximum atomic E-state index is 12.3. The predicted octanol–water partition coefficient (Wildman–Crippen LogP) is 3.85. The standard InChI is InChI=1S/C22H25ClN6O3/c1-4-10-29-22(26-27-28-29)24-13-16-11-18(23)21(19(12-16)31-5-2)32-14-20(30)25-17-8-6-15(3)7-9-17/h4,6-9,11-12H,1,5,10,13-14H2,2-3H3,(H,25,30)(H,24,26,28). The van der Waals surface area contributed by atoms with Gasteiger partial charge >= 0.3 is 0 Å². The summed E-state index contributed by atoms with van der Waals surface area (Å²) in [5.74, 6) is 0.970. The molecular formula is C22H25ClN6O3. The smallest absolute Gasteiger partial charge is 0.262 e. The third kappa shape index (κ3) is 6.21. The van der Waals surface area contributed by atoms with Crippen molar-refractivity contribution in [3.63, 3.8) is 0 Å². The van der Waals surface area contributed by atoms with Gasteiger partial charge in [-0.2, -0.15) is 0 Å². The molecule has 0 aliphatic heterocycles. The van der Waals surface area contributed by atoms with E-state index in [4.69, 9.17) is 21.1 Å². The first-order valence-corrected chi connectivity index (χ1v) is 10.4. The summed E-state index contributed by atoms with van der Waals surface area (Å²) in [4.78, 5) is 12.3. The van der Waals surface area contributed by atoms with Crippen LogP contribution >= 0.6 is 11.6 Å². The highest BCUT2D eigenvalue weighted by Gasteiger charge is 2.15.